The van der Waals surface area contributed by atoms with E-state index in [9.17, 15) is 14.4 Å². The molecule has 8 heteroatoms. The number of carbonyl (C=O) groups excluding carboxylic acids is 3. The van der Waals surface area contributed by atoms with Crippen LogP contribution in [-0.2, 0) is 32.1 Å². The molecule has 154 valence electrons. The highest BCUT2D eigenvalue weighted by Crippen LogP contribution is 2.25. The van der Waals surface area contributed by atoms with Crippen LogP contribution in [0.3, 0.4) is 0 Å². The third-order valence-electron chi connectivity index (χ3n) is 4.86. The Morgan fingerprint density at radius 1 is 1.31 bits per heavy atom. The first-order valence-electron chi connectivity index (χ1n) is 9.54. The number of nitrogens with zero attached hydrogens (tertiary/aromatic N) is 3. The standard InChI is InChI=1S/C21H25N3O4S/c1-14-6-7-16(15(2)9-14)11-23(3)19(26)12-28-20(27)10-17-13-29-21(22-17)24-8-4-5-18(24)25/h6-7,9,13H,4-5,8,10-12H2,1-3H3. The summed E-state index contributed by atoms with van der Waals surface area (Å²) in [5, 5.41) is 2.36. The molecule has 2 amide bonds. The van der Waals surface area contributed by atoms with Gasteiger partial charge in [0.1, 0.15) is 0 Å². The topological polar surface area (TPSA) is 79.8 Å². The molecular weight excluding hydrogens is 390 g/mol. The number of thiazole rings is 1. The molecule has 1 saturated heterocycles. The summed E-state index contributed by atoms with van der Waals surface area (Å²) < 4.78 is 5.13. The van der Waals surface area contributed by atoms with Crippen molar-refractivity contribution in [2.45, 2.75) is 39.7 Å². The number of aromatic nitrogens is 1. The van der Waals surface area contributed by atoms with Gasteiger partial charge in [0.05, 0.1) is 12.1 Å². The van der Waals surface area contributed by atoms with Crippen molar-refractivity contribution in [1.29, 1.82) is 0 Å². The van der Waals surface area contributed by atoms with E-state index < -0.39 is 5.97 Å². The molecule has 0 spiro atoms. The van der Waals surface area contributed by atoms with Crippen molar-refractivity contribution in [3.05, 3.63) is 46.0 Å². The van der Waals surface area contributed by atoms with Gasteiger partial charge in [-0.15, -0.1) is 11.3 Å². The lowest BCUT2D eigenvalue weighted by Crippen LogP contribution is -2.31. The van der Waals surface area contributed by atoms with Crippen LogP contribution in [0.4, 0.5) is 5.13 Å². The second kappa shape index (κ2) is 9.17. The van der Waals surface area contributed by atoms with Gasteiger partial charge in [0.25, 0.3) is 5.91 Å². The van der Waals surface area contributed by atoms with E-state index in [1.165, 1.54) is 16.9 Å². The zero-order valence-corrected chi connectivity index (χ0v) is 17.8. The first kappa shape index (κ1) is 21.0. The molecule has 0 atom stereocenters. The Hall–Kier alpha value is -2.74. The molecule has 1 aromatic carbocycles. The molecular formula is C21H25N3O4S. The summed E-state index contributed by atoms with van der Waals surface area (Å²) >= 11 is 1.34. The molecule has 0 N–H and O–H groups in total. The molecule has 29 heavy (non-hydrogen) atoms. The Labute approximate surface area is 174 Å². The summed E-state index contributed by atoms with van der Waals surface area (Å²) in [7, 11) is 1.69. The highest BCUT2D eigenvalue weighted by atomic mass is 32.1. The molecule has 7 nitrogen and oxygen atoms in total. The number of aryl methyl sites for hydroxylation is 2. The Morgan fingerprint density at radius 2 is 2.10 bits per heavy atom. The Kier molecular flexibility index (Phi) is 6.64. The fourth-order valence-corrected chi connectivity index (χ4v) is 4.04. The van der Waals surface area contributed by atoms with Crippen LogP contribution in [0.15, 0.2) is 23.6 Å². The van der Waals surface area contributed by atoms with Crippen molar-refractivity contribution in [3.8, 4) is 0 Å². The van der Waals surface area contributed by atoms with Crippen molar-refractivity contribution in [3.63, 3.8) is 0 Å². The Bertz CT molecular complexity index is 924. The molecule has 1 aliphatic heterocycles. The number of anilines is 1. The summed E-state index contributed by atoms with van der Waals surface area (Å²) in [6.07, 6.45) is 1.34. The van der Waals surface area contributed by atoms with E-state index in [-0.39, 0.29) is 24.8 Å². The van der Waals surface area contributed by atoms with E-state index >= 15 is 0 Å². The second-order valence-electron chi connectivity index (χ2n) is 7.29. The summed E-state index contributed by atoms with van der Waals surface area (Å²) in [4.78, 5) is 43.7. The molecule has 1 aromatic heterocycles. The fourth-order valence-electron chi connectivity index (χ4n) is 3.17. The Balaban J connectivity index is 1.46. The molecule has 3 rings (SSSR count). The van der Waals surface area contributed by atoms with Crippen molar-refractivity contribution < 1.29 is 19.1 Å². The molecule has 2 aromatic rings. The maximum atomic E-state index is 12.3. The molecule has 0 unspecified atom stereocenters. The van der Waals surface area contributed by atoms with Gasteiger partial charge < -0.3 is 9.64 Å². The van der Waals surface area contributed by atoms with Crippen LogP contribution in [0.5, 0.6) is 0 Å². The van der Waals surface area contributed by atoms with Crippen LogP contribution in [0, 0.1) is 13.8 Å². The first-order valence-corrected chi connectivity index (χ1v) is 10.4. The maximum absolute atomic E-state index is 12.3. The highest BCUT2D eigenvalue weighted by Gasteiger charge is 2.24. The van der Waals surface area contributed by atoms with Crippen molar-refractivity contribution in [2.75, 3.05) is 25.1 Å². The summed E-state index contributed by atoms with van der Waals surface area (Å²) in [6.45, 7) is 4.86. The number of hydrogen-bond donors (Lipinski definition) is 0. The van der Waals surface area contributed by atoms with Crippen molar-refractivity contribution in [1.82, 2.24) is 9.88 Å². The van der Waals surface area contributed by atoms with Gasteiger partial charge in [-0.1, -0.05) is 23.8 Å². The Morgan fingerprint density at radius 3 is 2.79 bits per heavy atom. The van der Waals surface area contributed by atoms with Crippen LogP contribution in [0.1, 0.15) is 35.2 Å². The maximum Gasteiger partial charge on any atom is 0.312 e. The average Bonchev–Trinajstić information content (AvgIpc) is 3.30. The molecule has 0 saturated carbocycles. The smallest absolute Gasteiger partial charge is 0.312 e. The largest absolute Gasteiger partial charge is 0.455 e. The van der Waals surface area contributed by atoms with Crippen LogP contribution in [0.2, 0.25) is 0 Å². The fraction of sp³-hybridized carbons (Fsp3) is 0.429. The highest BCUT2D eigenvalue weighted by molar-refractivity contribution is 7.14. The second-order valence-corrected chi connectivity index (χ2v) is 8.12. The monoisotopic (exact) mass is 415 g/mol. The van der Waals surface area contributed by atoms with Crippen LogP contribution >= 0.6 is 11.3 Å². The number of carbonyl (C=O) groups is 3. The lowest BCUT2D eigenvalue weighted by Gasteiger charge is -2.18. The number of amides is 2. The minimum Gasteiger partial charge on any atom is -0.455 e. The van der Waals surface area contributed by atoms with Crippen LogP contribution < -0.4 is 4.90 Å². The van der Waals surface area contributed by atoms with Crippen LogP contribution in [-0.4, -0.2) is 47.9 Å². The predicted molar refractivity (Wildman–Crippen MR) is 111 cm³/mol. The molecule has 0 bridgehead atoms. The van der Waals surface area contributed by atoms with E-state index in [4.69, 9.17) is 4.74 Å². The van der Waals surface area contributed by atoms with Gasteiger partial charge in [0.15, 0.2) is 11.7 Å². The van der Waals surface area contributed by atoms with E-state index in [0.717, 1.165) is 17.5 Å². The zero-order valence-electron chi connectivity index (χ0n) is 16.9. The van der Waals surface area contributed by atoms with Crippen LogP contribution in [0.25, 0.3) is 0 Å². The lowest BCUT2D eigenvalue weighted by molar-refractivity contribution is -0.151. The number of rotatable bonds is 7. The van der Waals surface area contributed by atoms with Gasteiger partial charge in [0, 0.05) is 31.9 Å². The van der Waals surface area contributed by atoms with Crippen molar-refractivity contribution >= 4 is 34.3 Å². The quantitative estimate of drug-likeness (QED) is 0.650. The summed E-state index contributed by atoms with van der Waals surface area (Å²) in [6, 6.07) is 6.09. The average molecular weight is 416 g/mol. The van der Waals surface area contributed by atoms with Gasteiger partial charge in [-0.05, 0) is 31.4 Å². The first-order chi connectivity index (χ1) is 13.8. The minimum atomic E-state index is -0.511. The third-order valence-corrected chi connectivity index (χ3v) is 5.77. The number of likely N-dealkylation sites (N-methyl/N-ethyl adjacent to an activating group) is 1. The summed E-state index contributed by atoms with van der Waals surface area (Å²) in [5.41, 5.74) is 3.90. The number of hydrogen-bond acceptors (Lipinski definition) is 6. The third kappa shape index (κ3) is 5.41. The number of esters is 1. The molecule has 1 aliphatic rings. The van der Waals surface area contributed by atoms with Gasteiger partial charge >= 0.3 is 5.97 Å². The van der Waals surface area contributed by atoms with E-state index in [1.54, 1.807) is 22.2 Å². The lowest BCUT2D eigenvalue weighted by atomic mass is 10.1. The minimum absolute atomic E-state index is 0.0212. The number of ether oxygens (including phenoxy) is 1. The molecule has 0 radical (unpaired) electrons. The predicted octanol–water partition coefficient (Wildman–Crippen LogP) is 2.63. The molecule has 1 fully saturated rings. The molecule has 2 heterocycles. The molecule has 0 aliphatic carbocycles. The van der Waals surface area contributed by atoms with E-state index in [1.807, 2.05) is 26.0 Å². The van der Waals surface area contributed by atoms with E-state index in [2.05, 4.69) is 11.1 Å². The SMILES string of the molecule is Cc1ccc(CN(C)C(=O)COC(=O)Cc2csc(N3CCCC3=O)n2)c(C)c1. The van der Waals surface area contributed by atoms with E-state index in [0.29, 0.717) is 30.3 Å². The number of benzene rings is 1. The summed E-state index contributed by atoms with van der Waals surface area (Å²) in [5.74, 6) is -0.714. The zero-order chi connectivity index (χ0) is 21.0. The van der Waals surface area contributed by atoms with Gasteiger partial charge in [0.2, 0.25) is 5.91 Å². The van der Waals surface area contributed by atoms with Crippen molar-refractivity contribution in [2.24, 2.45) is 0 Å². The van der Waals surface area contributed by atoms with Gasteiger partial charge in [-0.3, -0.25) is 19.3 Å². The van der Waals surface area contributed by atoms with Gasteiger partial charge in [-0.2, -0.15) is 0 Å². The normalized spacial score (nSPS) is 13.6. The van der Waals surface area contributed by atoms with Gasteiger partial charge in [-0.25, -0.2) is 4.98 Å².